The van der Waals surface area contributed by atoms with E-state index in [1.807, 2.05) is 31.2 Å². The van der Waals surface area contributed by atoms with E-state index in [4.69, 9.17) is 4.74 Å². The number of ketones is 1. The molecule has 2 aromatic carbocycles. The normalized spacial score (nSPS) is 16.8. The van der Waals surface area contributed by atoms with Crippen LogP contribution in [0.25, 0.3) is 0 Å². The van der Waals surface area contributed by atoms with Crippen LogP contribution < -0.4 is 0 Å². The monoisotopic (exact) mass is 380 g/mol. The van der Waals surface area contributed by atoms with Crippen molar-refractivity contribution in [2.75, 3.05) is 39.3 Å². The molecular weight excluding hydrogens is 348 g/mol. The molecule has 0 radical (unpaired) electrons. The van der Waals surface area contributed by atoms with Crippen LogP contribution in [-0.4, -0.2) is 61.1 Å². The SMILES string of the molecule is CCOC(Cc1ccccc1)N1CCN(CCC(=O)c2ccc(C)cc2)CC1. The molecule has 1 aliphatic heterocycles. The number of hydrogen-bond acceptors (Lipinski definition) is 4. The summed E-state index contributed by atoms with van der Waals surface area (Å²) in [6.45, 7) is 9.60. The van der Waals surface area contributed by atoms with E-state index in [1.54, 1.807) is 0 Å². The lowest BCUT2D eigenvalue weighted by Gasteiger charge is -2.39. The van der Waals surface area contributed by atoms with Crippen molar-refractivity contribution in [3.63, 3.8) is 0 Å². The van der Waals surface area contributed by atoms with E-state index >= 15 is 0 Å². The first kappa shape index (κ1) is 20.7. The molecule has 0 amide bonds. The molecule has 28 heavy (non-hydrogen) atoms. The summed E-state index contributed by atoms with van der Waals surface area (Å²) >= 11 is 0. The highest BCUT2D eigenvalue weighted by molar-refractivity contribution is 5.96. The van der Waals surface area contributed by atoms with Crippen molar-refractivity contribution < 1.29 is 9.53 Å². The summed E-state index contributed by atoms with van der Waals surface area (Å²) in [4.78, 5) is 17.2. The topological polar surface area (TPSA) is 32.8 Å². The molecule has 150 valence electrons. The molecule has 2 aromatic rings. The fraction of sp³-hybridized carbons (Fsp3) is 0.458. The van der Waals surface area contributed by atoms with Gasteiger partial charge >= 0.3 is 0 Å². The van der Waals surface area contributed by atoms with Gasteiger partial charge in [-0.15, -0.1) is 0 Å². The van der Waals surface area contributed by atoms with Crippen LogP contribution in [0.4, 0.5) is 0 Å². The van der Waals surface area contributed by atoms with Gasteiger partial charge in [-0.05, 0) is 19.4 Å². The molecule has 1 fully saturated rings. The molecule has 4 nitrogen and oxygen atoms in total. The minimum absolute atomic E-state index is 0.128. The molecule has 1 heterocycles. The zero-order chi connectivity index (χ0) is 19.8. The molecule has 0 bridgehead atoms. The second-order valence-electron chi connectivity index (χ2n) is 7.52. The summed E-state index contributed by atoms with van der Waals surface area (Å²) < 4.78 is 6.04. The Morgan fingerprint density at radius 3 is 2.32 bits per heavy atom. The first-order valence-electron chi connectivity index (χ1n) is 10.4. The Balaban J connectivity index is 1.46. The van der Waals surface area contributed by atoms with Gasteiger partial charge in [0.2, 0.25) is 0 Å². The third-order valence-electron chi connectivity index (χ3n) is 5.45. The number of carbonyl (C=O) groups is 1. The highest BCUT2D eigenvalue weighted by Crippen LogP contribution is 2.14. The van der Waals surface area contributed by atoms with Gasteiger partial charge in [-0.1, -0.05) is 60.2 Å². The number of Topliss-reactive ketones (excluding diaryl/α,β-unsaturated/α-hetero) is 1. The Morgan fingerprint density at radius 2 is 1.68 bits per heavy atom. The van der Waals surface area contributed by atoms with Crippen LogP contribution in [-0.2, 0) is 11.2 Å². The van der Waals surface area contributed by atoms with Crippen LogP contribution in [0.2, 0.25) is 0 Å². The van der Waals surface area contributed by atoms with Crippen LogP contribution >= 0.6 is 0 Å². The van der Waals surface area contributed by atoms with E-state index in [-0.39, 0.29) is 12.0 Å². The summed E-state index contributed by atoms with van der Waals surface area (Å²) in [5.41, 5.74) is 3.32. The van der Waals surface area contributed by atoms with Gasteiger partial charge < -0.3 is 9.64 Å². The second-order valence-corrected chi connectivity index (χ2v) is 7.52. The summed E-state index contributed by atoms with van der Waals surface area (Å²) in [6, 6.07) is 18.4. The van der Waals surface area contributed by atoms with E-state index < -0.39 is 0 Å². The molecule has 0 N–H and O–H groups in total. The van der Waals surface area contributed by atoms with Crippen LogP contribution in [0.5, 0.6) is 0 Å². The van der Waals surface area contributed by atoms with Crippen LogP contribution in [0.3, 0.4) is 0 Å². The number of aryl methyl sites for hydroxylation is 1. The Bertz CT molecular complexity index is 722. The standard InChI is InChI=1S/C24H32N2O2/c1-3-28-24(19-21-7-5-4-6-8-21)26-17-15-25(16-18-26)14-13-23(27)22-11-9-20(2)10-12-22/h4-12,24H,3,13-19H2,1-2H3. The fourth-order valence-corrected chi connectivity index (χ4v) is 3.72. The molecule has 0 saturated carbocycles. The molecule has 1 saturated heterocycles. The Morgan fingerprint density at radius 1 is 1.00 bits per heavy atom. The van der Waals surface area contributed by atoms with E-state index in [0.717, 1.165) is 51.3 Å². The molecular formula is C24H32N2O2. The first-order chi connectivity index (χ1) is 13.7. The lowest BCUT2D eigenvalue weighted by molar-refractivity contribution is -0.0711. The minimum atomic E-state index is 0.128. The number of benzene rings is 2. The van der Waals surface area contributed by atoms with Crippen molar-refractivity contribution in [2.45, 2.75) is 32.9 Å². The predicted molar refractivity (Wildman–Crippen MR) is 114 cm³/mol. The van der Waals surface area contributed by atoms with Crippen LogP contribution in [0.1, 0.15) is 34.8 Å². The van der Waals surface area contributed by atoms with Crippen molar-refractivity contribution >= 4 is 5.78 Å². The van der Waals surface area contributed by atoms with Gasteiger partial charge in [0.05, 0.1) is 0 Å². The Hall–Kier alpha value is -2.01. The van der Waals surface area contributed by atoms with E-state index in [1.165, 1.54) is 11.1 Å². The molecule has 0 spiro atoms. The maximum absolute atomic E-state index is 12.4. The first-order valence-corrected chi connectivity index (χ1v) is 10.4. The summed E-state index contributed by atoms with van der Waals surface area (Å²) in [5.74, 6) is 0.235. The maximum atomic E-state index is 12.4. The Labute approximate surface area is 169 Å². The van der Waals surface area contributed by atoms with Crippen molar-refractivity contribution in [3.8, 4) is 0 Å². The number of ether oxygens (including phenoxy) is 1. The molecule has 1 atom stereocenters. The van der Waals surface area contributed by atoms with Gasteiger partial charge in [0.15, 0.2) is 5.78 Å². The van der Waals surface area contributed by atoms with Crippen LogP contribution in [0.15, 0.2) is 54.6 Å². The molecule has 1 unspecified atom stereocenters. The largest absolute Gasteiger partial charge is 0.363 e. The quantitative estimate of drug-likeness (QED) is 0.620. The number of piperazine rings is 1. The molecule has 4 heteroatoms. The molecule has 0 aliphatic carbocycles. The van der Waals surface area contributed by atoms with E-state index in [2.05, 4.69) is 47.1 Å². The lowest BCUT2D eigenvalue weighted by atomic mass is 10.1. The molecule has 0 aromatic heterocycles. The highest BCUT2D eigenvalue weighted by Gasteiger charge is 2.24. The summed E-state index contributed by atoms with van der Waals surface area (Å²) in [7, 11) is 0. The number of hydrogen-bond donors (Lipinski definition) is 0. The third-order valence-corrected chi connectivity index (χ3v) is 5.45. The smallest absolute Gasteiger partial charge is 0.164 e. The van der Waals surface area contributed by atoms with Crippen molar-refractivity contribution in [3.05, 3.63) is 71.3 Å². The lowest BCUT2D eigenvalue weighted by Crippen LogP contribution is -2.52. The van der Waals surface area contributed by atoms with Crippen molar-refractivity contribution in [1.82, 2.24) is 9.80 Å². The fourth-order valence-electron chi connectivity index (χ4n) is 3.72. The van der Waals surface area contributed by atoms with E-state index in [0.29, 0.717) is 6.42 Å². The van der Waals surface area contributed by atoms with Gasteiger partial charge in [-0.25, -0.2) is 0 Å². The molecule has 1 aliphatic rings. The number of nitrogens with zero attached hydrogens (tertiary/aromatic N) is 2. The summed E-state index contributed by atoms with van der Waals surface area (Å²) in [5, 5.41) is 0. The number of rotatable bonds is 9. The third kappa shape index (κ3) is 5.99. The van der Waals surface area contributed by atoms with E-state index in [9.17, 15) is 4.79 Å². The zero-order valence-electron chi connectivity index (χ0n) is 17.1. The number of carbonyl (C=O) groups excluding carboxylic acids is 1. The van der Waals surface area contributed by atoms with Crippen molar-refractivity contribution in [1.29, 1.82) is 0 Å². The van der Waals surface area contributed by atoms with Gasteiger partial charge in [-0.2, -0.15) is 0 Å². The Kier molecular flexibility index (Phi) is 7.78. The average molecular weight is 381 g/mol. The molecule has 3 rings (SSSR count). The highest BCUT2D eigenvalue weighted by atomic mass is 16.5. The second kappa shape index (κ2) is 10.5. The van der Waals surface area contributed by atoms with Gasteiger partial charge in [0, 0.05) is 57.7 Å². The summed E-state index contributed by atoms with van der Waals surface area (Å²) in [6.07, 6.45) is 1.63. The van der Waals surface area contributed by atoms with Gasteiger partial charge in [0.25, 0.3) is 0 Å². The van der Waals surface area contributed by atoms with Crippen LogP contribution in [0, 0.1) is 6.92 Å². The predicted octanol–water partition coefficient (Wildman–Crippen LogP) is 3.79. The zero-order valence-corrected chi connectivity index (χ0v) is 17.1. The minimum Gasteiger partial charge on any atom is -0.363 e. The maximum Gasteiger partial charge on any atom is 0.164 e. The average Bonchev–Trinajstić information content (AvgIpc) is 2.73. The van der Waals surface area contributed by atoms with Gasteiger partial charge in [-0.3, -0.25) is 9.69 Å². The van der Waals surface area contributed by atoms with Crippen molar-refractivity contribution in [2.24, 2.45) is 0 Å². The van der Waals surface area contributed by atoms with Gasteiger partial charge in [0.1, 0.15) is 6.23 Å².